The Morgan fingerprint density at radius 2 is 2.27 bits per heavy atom. The van der Waals surface area contributed by atoms with Crippen LogP contribution in [0.4, 0.5) is 0 Å². The normalized spacial score (nSPS) is 14.9. The van der Waals surface area contributed by atoms with E-state index in [2.05, 4.69) is 33.9 Å². The minimum absolute atomic E-state index is 0.993. The predicted octanol–water partition coefficient (Wildman–Crippen LogP) is 2.46. The summed E-state index contributed by atoms with van der Waals surface area (Å²) in [5.74, 6) is 0. The van der Waals surface area contributed by atoms with Crippen LogP contribution in [0.3, 0.4) is 0 Å². The summed E-state index contributed by atoms with van der Waals surface area (Å²) in [7, 11) is 0. The lowest BCUT2D eigenvalue weighted by Crippen LogP contribution is -2.23. The molecule has 1 N–H and O–H groups in total. The number of hydrogen-bond acceptors (Lipinski definition) is 3. The van der Waals surface area contributed by atoms with E-state index in [1.807, 2.05) is 5.51 Å². The Bertz CT molecular complexity index is 462. The van der Waals surface area contributed by atoms with Gasteiger partial charge in [0, 0.05) is 17.5 Å². The molecule has 1 aliphatic heterocycles. The first kappa shape index (κ1) is 9.07. The molecule has 1 aromatic carbocycles. The summed E-state index contributed by atoms with van der Waals surface area (Å²) in [5.41, 5.74) is 7.11. The highest BCUT2D eigenvalue weighted by molar-refractivity contribution is 7.07. The maximum absolute atomic E-state index is 4.33. The van der Waals surface area contributed by atoms with Crippen LogP contribution in [-0.4, -0.2) is 11.5 Å². The zero-order chi connectivity index (χ0) is 10.1. The highest BCUT2D eigenvalue weighted by atomic mass is 32.1. The van der Waals surface area contributed by atoms with Gasteiger partial charge in [0.1, 0.15) is 0 Å². The molecule has 15 heavy (non-hydrogen) atoms. The lowest BCUT2D eigenvalue weighted by Gasteiger charge is -2.17. The zero-order valence-electron chi connectivity index (χ0n) is 8.36. The summed E-state index contributed by atoms with van der Waals surface area (Å²) < 4.78 is 0. The SMILES string of the molecule is c1nc(-c2ccc3c(c2)CNCC3)cs1. The fraction of sp³-hybridized carbons (Fsp3) is 0.250. The molecule has 0 fully saturated rings. The third kappa shape index (κ3) is 1.68. The second-order valence-corrected chi connectivity index (χ2v) is 4.50. The van der Waals surface area contributed by atoms with Gasteiger partial charge in [-0.2, -0.15) is 0 Å². The summed E-state index contributed by atoms with van der Waals surface area (Å²) in [6, 6.07) is 6.68. The van der Waals surface area contributed by atoms with Gasteiger partial charge in [0.05, 0.1) is 11.2 Å². The number of nitrogens with one attached hydrogen (secondary N) is 1. The first-order valence-corrected chi connectivity index (χ1v) is 6.09. The molecule has 0 bridgehead atoms. The van der Waals surface area contributed by atoms with Crippen molar-refractivity contribution in [3.05, 3.63) is 40.2 Å². The van der Waals surface area contributed by atoms with E-state index < -0.39 is 0 Å². The van der Waals surface area contributed by atoms with Crippen LogP contribution in [0.5, 0.6) is 0 Å². The van der Waals surface area contributed by atoms with Gasteiger partial charge in [0.15, 0.2) is 0 Å². The lowest BCUT2D eigenvalue weighted by atomic mass is 9.98. The van der Waals surface area contributed by atoms with E-state index in [1.54, 1.807) is 11.3 Å². The number of rotatable bonds is 1. The van der Waals surface area contributed by atoms with Crippen LogP contribution in [-0.2, 0) is 13.0 Å². The van der Waals surface area contributed by atoms with Gasteiger partial charge >= 0.3 is 0 Å². The van der Waals surface area contributed by atoms with Crippen molar-refractivity contribution in [2.75, 3.05) is 6.54 Å². The minimum atomic E-state index is 0.993. The summed E-state index contributed by atoms with van der Waals surface area (Å²) in [4.78, 5) is 4.33. The Balaban J connectivity index is 2.04. The second-order valence-electron chi connectivity index (χ2n) is 3.78. The molecular weight excluding hydrogens is 204 g/mol. The van der Waals surface area contributed by atoms with Crippen molar-refractivity contribution in [2.24, 2.45) is 0 Å². The molecule has 0 saturated heterocycles. The fourth-order valence-corrected chi connectivity index (χ4v) is 2.56. The maximum atomic E-state index is 4.33. The molecule has 0 spiro atoms. The van der Waals surface area contributed by atoms with Crippen molar-refractivity contribution in [3.63, 3.8) is 0 Å². The van der Waals surface area contributed by atoms with Gasteiger partial charge in [-0.1, -0.05) is 12.1 Å². The summed E-state index contributed by atoms with van der Waals surface area (Å²) in [5, 5.41) is 5.49. The number of fused-ring (bicyclic) bond motifs is 1. The topological polar surface area (TPSA) is 24.9 Å². The first-order valence-electron chi connectivity index (χ1n) is 5.14. The van der Waals surface area contributed by atoms with Gasteiger partial charge in [-0.25, -0.2) is 4.98 Å². The van der Waals surface area contributed by atoms with E-state index in [0.29, 0.717) is 0 Å². The lowest BCUT2D eigenvalue weighted by molar-refractivity contribution is 0.644. The van der Waals surface area contributed by atoms with Crippen molar-refractivity contribution in [2.45, 2.75) is 13.0 Å². The van der Waals surface area contributed by atoms with Crippen molar-refractivity contribution >= 4 is 11.3 Å². The van der Waals surface area contributed by atoms with Crippen molar-refractivity contribution in [3.8, 4) is 11.3 Å². The highest BCUT2D eigenvalue weighted by Gasteiger charge is 2.09. The van der Waals surface area contributed by atoms with Crippen molar-refractivity contribution in [1.29, 1.82) is 0 Å². The van der Waals surface area contributed by atoms with Crippen molar-refractivity contribution < 1.29 is 0 Å². The Hall–Kier alpha value is -1.19. The van der Waals surface area contributed by atoms with Gasteiger partial charge in [-0.05, 0) is 30.2 Å². The molecule has 0 amide bonds. The van der Waals surface area contributed by atoms with Crippen LogP contribution in [0, 0.1) is 0 Å². The predicted molar refractivity (Wildman–Crippen MR) is 63.0 cm³/mol. The average Bonchev–Trinajstić information content (AvgIpc) is 2.82. The van der Waals surface area contributed by atoms with Gasteiger partial charge in [-0.3, -0.25) is 0 Å². The molecule has 2 nitrogen and oxygen atoms in total. The first-order chi connectivity index (χ1) is 7.43. The van der Waals surface area contributed by atoms with Crippen LogP contribution in [0.15, 0.2) is 29.1 Å². The quantitative estimate of drug-likeness (QED) is 0.792. The molecule has 1 aliphatic rings. The van der Waals surface area contributed by atoms with Crippen LogP contribution < -0.4 is 5.32 Å². The molecule has 0 aliphatic carbocycles. The maximum Gasteiger partial charge on any atom is 0.0811 e. The van der Waals surface area contributed by atoms with Crippen LogP contribution in [0.2, 0.25) is 0 Å². The molecule has 0 radical (unpaired) electrons. The van der Waals surface area contributed by atoms with E-state index in [1.165, 1.54) is 16.7 Å². The van der Waals surface area contributed by atoms with Crippen LogP contribution in [0.25, 0.3) is 11.3 Å². The largest absolute Gasteiger partial charge is 0.312 e. The van der Waals surface area contributed by atoms with E-state index in [9.17, 15) is 0 Å². The molecule has 76 valence electrons. The molecule has 2 heterocycles. The molecule has 1 aromatic heterocycles. The fourth-order valence-electron chi connectivity index (χ4n) is 1.99. The second kappa shape index (κ2) is 3.76. The number of nitrogens with zero attached hydrogens (tertiary/aromatic N) is 1. The Morgan fingerprint density at radius 1 is 1.27 bits per heavy atom. The summed E-state index contributed by atoms with van der Waals surface area (Å²) in [6.07, 6.45) is 1.15. The summed E-state index contributed by atoms with van der Waals surface area (Å²) in [6.45, 7) is 2.09. The van der Waals surface area contributed by atoms with Gasteiger partial charge < -0.3 is 5.32 Å². The molecule has 3 heteroatoms. The molecule has 0 atom stereocenters. The van der Waals surface area contributed by atoms with E-state index in [-0.39, 0.29) is 0 Å². The molecule has 0 unspecified atom stereocenters. The van der Waals surface area contributed by atoms with E-state index >= 15 is 0 Å². The third-order valence-electron chi connectivity index (χ3n) is 2.82. The van der Waals surface area contributed by atoms with E-state index in [4.69, 9.17) is 0 Å². The Kier molecular flexibility index (Phi) is 2.27. The molecule has 0 saturated carbocycles. The third-order valence-corrected chi connectivity index (χ3v) is 3.41. The van der Waals surface area contributed by atoms with Gasteiger partial charge in [-0.15, -0.1) is 11.3 Å². The highest BCUT2D eigenvalue weighted by Crippen LogP contribution is 2.23. The summed E-state index contributed by atoms with van der Waals surface area (Å²) >= 11 is 1.65. The molecule has 3 rings (SSSR count). The molecular formula is C12H12N2S. The zero-order valence-corrected chi connectivity index (χ0v) is 9.18. The Morgan fingerprint density at radius 3 is 3.13 bits per heavy atom. The van der Waals surface area contributed by atoms with E-state index in [0.717, 1.165) is 25.2 Å². The standard InChI is InChI=1S/C12H12N2S/c1-2-10(12-7-15-8-14-12)5-11-6-13-4-3-9(1)11/h1-2,5,7-8,13H,3-4,6H2. The Labute approximate surface area is 93.0 Å². The number of aromatic nitrogens is 1. The van der Waals surface area contributed by atoms with Crippen LogP contribution in [0.1, 0.15) is 11.1 Å². The van der Waals surface area contributed by atoms with Gasteiger partial charge in [0.25, 0.3) is 0 Å². The average molecular weight is 216 g/mol. The smallest absolute Gasteiger partial charge is 0.0811 e. The van der Waals surface area contributed by atoms with Crippen molar-refractivity contribution in [1.82, 2.24) is 10.3 Å². The molecule has 2 aromatic rings. The minimum Gasteiger partial charge on any atom is -0.312 e. The number of hydrogen-bond donors (Lipinski definition) is 1. The monoisotopic (exact) mass is 216 g/mol. The number of thiazole rings is 1. The number of benzene rings is 1. The van der Waals surface area contributed by atoms with Crippen LogP contribution >= 0.6 is 11.3 Å². The van der Waals surface area contributed by atoms with Gasteiger partial charge in [0.2, 0.25) is 0 Å².